The fraction of sp³-hybridized carbons (Fsp3) is 0.300. The molecule has 1 aromatic rings. The number of benzene rings is 1. The summed E-state index contributed by atoms with van der Waals surface area (Å²) >= 11 is 5.91. The number of carbonyl (C=O) groups is 1. The van der Waals surface area contributed by atoms with Gasteiger partial charge < -0.3 is 4.74 Å². The third-order valence-corrected chi connectivity index (χ3v) is 2.29. The summed E-state index contributed by atoms with van der Waals surface area (Å²) in [6.07, 6.45) is 0. The number of hydrogen-bond acceptors (Lipinski definition) is 2. The van der Waals surface area contributed by atoms with E-state index in [1.807, 2.05) is 13.0 Å². The molecule has 70 valence electrons. The number of halogens is 1. The van der Waals surface area contributed by atoms with Crippen LogP contribution in [0, 0.1) is 13.8 Å². The van der Waals surface area contributed by atoms with Crippen LogP contribution in [0.1, 0.15) is 21.5 Å². The molecule has 0 aromatic heterocycles. The predicted molar refractivity (Wildman–Crippen MR) is 52.3 cm³/mol. The minimum Gasteiger partial charge on any atom is -0.465 e. The molecule has 0 spiro atoms. The van der Waals surface area contributed by atoms with Gasteiger partial charge in [0, 0.05) is 5.02 Å². The zero-order chi connectivity index (χ0) is 10.0. The van der Waals surface area contributed by atoms with Crippen molar-refractivity contribution >= 4 is 17.6 Å². The zero-order valence-electron chi connectivity index (χ0n) is 7.85. The number of hydrogen-bond donors (Lipinski definition) is 0. The molecule has 2 nitrogen and oxygen atoms in total. The lowest BCUT2D eigenvalue weighted by Crippen LogP contribution is -2.04. The van der Waals surface area contributed by atoms with Gasteiger partial charge in [0.2, 0.25) is 0 Å². The van der Waals surface area contributed by atoms with Gasteiger partial charge in [-0.2, -0.15) is 0 Å². The van der Waals surface area contributed by atoms with E-state index in [4.69, 9.17) is 11.6 Å². The van der Waals surface area contributed by atoms with Crippen LogP contribution in [0.5, 0.6) is 0 Å². The Balaban J connectivity index is 3.28. The van der Waals surface area contributed by atoms with Gasteiger partial charge in [-0.15, -0.1) is 0 Å². The monoisotopic (exact) mass is 198 g/mol. The summed E-state index contributed by atoms with van der Waals surface area (Å²) in [6.45, 7) is 3.69. The van der Waals surface area contributed by atoms with Gasteiger partial charge in [0.1, 0.15) is 0 Å². The van der Waals surface area contributed by atoms with E-state index in [0.29, 0.717) is 10.6 Å². The molecule has 0 N–H and O–H groups in total. The van der Waals surface area contributed by atoms with Crippen molar-refractivity contribution in [3.8, 4) is 0 Å². The standard InChI is InChI=1S/C10H11ClO2/c1-6-4-8(10(12)13-3)7(2)9(11)5-6/h4-5H,1-3H3. The van der Waals surface area contributed by atoms with Gasteiger partial charge in [0.05, 0.1) is 12.7 Å². The predicted octanol–water partition coefficient (Wildman–Crippen LogP) is 2.74. The molecule has 0 bridgehead atoms. The summed E-state index contributed by atoms with van der Waals surface area (Å²) < 4.78 is 4.63. The summed E-state index contributed by atoms with van der Waals surface area (Å²) in [4.78, 5) is 11.3. The topological polar surface area (TPSA) is 26.3 Å². The van der Waals surface area contributed by atoms with E-state index in [1.165, 1.54) is 7.11 Å². The minimum absolute atomic E-state index is 0.344. The van der Waals surface area contributed by atoms with E-state index >= 15 is 0 Å². The smallest absolute Gasteiger partial charge is 0.338 e. The summed E-state index contributed by atoms with van der Waals surface area (Å²) in [5.74, 6) is -0.344. The van der Waals surface area contributed by atoms with Crippen LogP contribution in [0.25, 0.3) is 0 Å². The van der Waals surface area contributed by atoms with Crippen molar-refractivity contribution in [2.24, 2.45) is 0 Å². The highest BCUT2D eigenvalue weighted by molar-refractivity contribution is 6.31. The molecule has 0 unspecified atom stereocenters. The highest BCUT2D eigenvalue weighted by Gasteiger charge is 2.11. The normalized spacial score (nSPS) is 9.85. The Morgan fingerprint density at radius 1 is 1.38 bits per heavy atom. The molecule has 0 radical (unpaired) electrons. The molecule has 0 amide bonds. The summed E-state index contributed by atoms with van der Waals surface area (Å²) in [6, 6.07) is 3.59. The molecule has 0 fully saturated rings. The third kappa shape index (κ3) is 2.01. The van der Waals surface area contributed by atoms with Crippen LogP contribution in [0.3, 0.4) is 0 Å². The van der Waals surface area contributed by atoms with Crippen molar-refractivity contribution in [1.82, 2.24) is 0 Å². The first-order valence-electron chi connectivity index (χ1n) is 3.91. The average Bonchev–Trinajstić information content (AvgIpc) is 2.10. The van der Waals surface area contributed by atoms with Gasteiger partial charge in [-0.1, -0.05) is 11.6 Å². The molecule has 13 heavy (non-hydrogen) atoms. The van der Waals surface area contributed by atoms with Gasteiger partial charge in [0.15, 0.2) is 0 Å². The average molecular weight is 199 g/mol. The molecule has 0 saturated heterocycles. The number of aryl methyl sites for hydroxylation is 1. The Bertz CT molecular complexity index is 345. The van der Waals surface area contributed by atoms with Crippen LogP contribution in [0.4, 0.5) is 0 Å². The Kier molecular flexibility index (Phi) is 2.94. The lowest BCUT2D eigenvalue weighted by atomic mass is 10.1. The van der Waals surface area contributed by atoms with E-state index in [2.05, 4.69) is 4.74 Å². The van der Waals surface area contributed by atoms with Gasteiger partial charge >= 0.3 is 5.97 Å². The zero-order valence-corrected chi connectivity index (χ0v) is 8.61. The molecule has 1 aromatic carbocycles. The molecule has 0 atom stereocenters. The highest BCUT2D eigenvalue weighted by atomic mass is 35.5. The Hall–Kier alpha value is -1.02. The van der Waals surface area contributed by atoms with Gasteiger partial charge in [-0.3, -0.25) is 0 Å². The summed E-state index contributed by atoms with van der Waals surface area (Å²) in [7, 11) is 1.36. The fourth-order valence-corrected chi connectivity index (χ4v) is 1.41. The molecule has 0 aliphatic rings. The van der Waals surface area contributed by atoms with Gasteiger partial charge in [-0.25, -0.2) is 4.79 Å². The first-order valence-corrected chi connectivity index (χ1v) is 4.29. The van der Waals surface area contributed by atoms with Crippen LogP contribution in [0.15, 0.2) is 12.1 Å². The molecule has 1 rings (SSSR count). The minimum atomic E-state index is -0.344. The van der Waals surface area contributed by atoms with Gasteiger partial charge in [-0.05, 0) is 37.1 Å². The van der Waals surface area contributed by atoms with Crippen molar-refractivity contribution in [2.45, 2.75) is 13.8 Å². The van der Waals surface area contributed by atoms with Crippen LogP contribution in [-0.4, -0.2) is 13.1 Å². The van der Waals surface area contributed by atoms with E-state index < -0.39 is 0 Å². The molecule has 3 heteroatoms. The van der Waals surface area contributed by atoms with Crippen LogP contribution in [0.2, 0.25) is 5.02 Å². The second-order valence-corrected chi connectivity index (χ2v) is 3.32. The number of esters is 1. The quantitative estimate of drug-likeness (QED) is 0.649. The van der Waals surface area contributed by atoms with Crippen molar-refractivity contribution in [3.05, 3.63) is 33.8 Å². The Labute approximate surface area is 82.5 Å². The Morgan fingerprint density at radius 3 is 2.54 bits per heavy atom. The van der Waals surface area contributed by atoms with Crippen molar-refractivity contribution in [1.29, 1.82) is 0 Å². The first-order chi connectivity index (χ1) is 6.06. The Morgan fingerprint density at radius 2 is 2.00 bits per heavy atom. The molecular weight excluding hydrogens is 188 g/mol. The number of rotatable bonds is 1. The van der Waals surface area contributed by atoms with Crippen LogP contribution >= 0.6 is 11.6 Å². The number of ether oxygens (including phenoxy) is 1. The number of methoxy groups -OCH3 is 1. The van der Waals surface area contributed by atoms with E-state index in [-0.39, 0.29) is 5.97 Å². The van der Waals surface area contributed by atoms with Crippen LogP contribution in [-0.2, 0) is 4.74 Å². The van der Waals surface area contributed by atoms with Crippen molar-refractivity contribution in [2.75, 3.05) is 7.11 Å². The molecule has 0 aliphatic carbocycles. The second kappa shape index (κ2) is 3.79. The van der Waals surface area contributed by atoms with E-state index in [1.54, 1.807) is 13.0 Å². The third-order valence-electron chi connectivity index (χ3n) is 1.89. The van der Waals surface area contributed by atoms with Crippen molar-refractivity contribution in [3.63, 3.8) is 0 Å². The second-order valence-electron chi connectivity index (χ2n) is 2.91. The van der Waals surface area contributed by atoms with E-state index in [9.17, 15) is 4.79 Å². The maximum absolute atomic E-state index is 11.3. The maximum Gasteiger partial charge on any atom is 0.338 e. The largest absolute Gasteiger partial charge is 0.465 e. The van der Waals surface area contributed by atoms with E-state index in [0.717, 1.165) is 11.1 Å². The lowest BCUT2D eigenvalue weighted by molar-refractivity contribution is 0.0600. The molecule has 0 heterocycles. The first kappa shape index (κ1) is 10.1. The maximum atomic E-state index is 11.3. The fourth-order valence-electron chi connectivity index (χ4n) is 1.14. The van der Waals surface area contributed by atoms with Crippen molar-refractivity contribution < 1.29 is 9.53 Å². The number of carbonyl (C=O) groups excluding carboxylic acids is 1. The highest BCUT2D eigenvalue weighted by Crippen LogP contribution is 2.21. The van der Waals surface area contributed by atoms with Gasteiger partial charge in [0.25, 0.3) is 0 Å². The SMILES string of the molecule is COC(=O)c1cc(C)cc(Cl)c1C. The summed E-state index contributed by atoms with van der Waals surface area (Å²) in [5, 5.41) is 0.598. The van der Waals surface area contributed by atoms with Crippen LogP contribution < -0.4 is 0 Å². The summed E-state index contributed by atoms with van der Waals surface area (Å²) in [5.41, 5.74) is 2.25. The molecule has 0 aliphatic heterocycles. The molecular formula is C10H11ClO2. The lowest BCUT2D eigenvalue weighted by Gasteiger charge is -2.06. The molecule has 0 saturated carbocycles.